The minimum absolute atomic E-state index is 0.0484. The van der Waals surface area contributed by atoms with Gasteiger partial charge in [-0.05, 0) is 38.9 Å². The summed E-state index contributed by atoms with van der Waals surface area (Å²) in [5, 5.41) is 12.1. The molecule has 0 unspecified atom stereocenters. The van der Waals surface area contributed by atoms with Crippen molar-refractivity contribution in [3.05, 3.63) is 0 Å². The lowest BCUT2D eigenvalue weighted by Crippen LogP contribution is -2.52. The van der Waals surface area contributed by atoms with E-state index in [0.717, 1.165) is 39.1 Å². The average molecular weight is 280 g/mol. The van der Waals surface area contributed by atoms with E-state index in [2.05, 4.69) is 28.1 Å². The molecule has 0 aromatic rings. The van der Waals surface area contributed by atoms with Gasteiger partial charge in [0.2, 0.25) is 5.91 Å². The summed E-state index contributed by atoms with van der Waals surface area (Å²) in [7, 11) is 0. The molecule has 1 N–H and O–H groups in total. The fourth-order valence-electron chi connectivity index (χ4n) is 2.33. The molecule has 1 rings (SSSR count). The number of hydrogen-bond donors (Lipinski definition) is 1. The van der Waals surface area contributed by atoms with Crippen LogP contribution < -0.4 is 5.32 Å². The zero-order chi connectivity index (χ0) is 15.2. The van der Waals surface area contributed by atoms with E-state index < -0.39 is 5.54 Å². The van der Waals surface area contributed by atoms with Gasteiger partial charge >= 0.3 is 0 Å². The number of carbonyl (C=O) groups is 1. The van der Waals surface area contributed by atoms with E-state index in [1.165, 1.54) is 0 Å². The Balaban J connectivity index is 2.48. The van der Waals surface area contributed by atoms with Crippen LogP contribution in [0, 0.1) is 17.2 Å². The largest absolute Gasteiger partial charge is 0.337 e. The van der Waals surface area contributed by atoms with Gasteiger partial charge in [0.15, 0.2) is 0 Å². The van der Waals surface area contributed by atoms with Crippen LogP contribution in [0.5, 0.6) is 0 Å². The molecule has 0 aromatic heterocycles. The Hall–Kier alpha value is -1.12. The molecule has 1 fully saturated rings. The highest BCUT2D eigenvalue weighted by molar-refractivity contribution is 5.79. The number of hydrogen-bond acceptors (Lipinski definition) is 4. The molecule has 1 amide bonds. The number of likely N-dealkylation sites (N-methyl/N-ethyl adjacent to an activating group) is 1. The molecule has 5 nitrogen and oxygen atoms in total. The number of nitriles is 1. The average Bonchev–Trinajstić information content (AvgIpc) is 2.63. The topological polar surface area (TPSA) is 59.4 Å². The summed E-state index contributed by atoms with van der Waals surface area (Å²) in [5.74, 6) is 0.0452. The number of nitrogens with zero attached hydrogens (tertiary/aromatic N) is 3. The normalized spacial score (nSPS) is 21.0. The summed E-state index contributed by atoms with van der Waals surface area (Å²) < 4.78 is 0. The SMILES string of the molecule is CCN1CCCN(CC(=O)N[C@](C)(C#N)C(C)C)CC1. The molecule has 0 radical (unpaired) electrons. The van der Waals surface area contributed by atoms with Gasteiger partial charge < -0.3 is 10.2 Å². The smallest absolute Gasteiger partial charge is 0.235 e. The predicted molar refractivity (Wildman–Crippen MR) is 80.2 cm³/mol. The van der Waals surface area contributed by atoms with Crippen LogP contribution in [0.25, 0.3) is 0 Å². The number of carbonyl (C=O) groups excluding carboxylic acids is 1. The van der Waals surface area contributed by atoms with E-state index >= 15 is 0 Å². The predicted octanol–water partition coefficient (Wildman–Crippen LogP) is 1.07. The summed E-state index contributed by atoms with van der Waals surface area (Å²) in [4.78, 5) is 16.7. The lowest BCUT2D eigenvalue weighted by atomic mass is 9.90. The van der Waals surface area contributed by atoms with E-state index in [9.17, 15) is 10.1 Å². The number of rotatable bonds is 5. The zero-order valence-electron chi connectivity index (χ0n) is 13.3. The molecule has 1 atom stereocenters. The second-order valence-electron chi connectivity index (χ2n) is 6.08. The van der Waals surface area contributed by atoms with Crippen molar-refractivity contribution < 1.29 is 4.79 Å². The maximum atomic E-state index is 12.1. The van der Waals surface area contributed by atoms with Crippen molar-refractivity contribution in [2.75, 3.05) is 39.3 Å². The minimum Gasteiger partial charge on any atom is -0.337 e. The molecule has 1 aliphatic rings. The molecule has 1 aliphatic heterocycles. The van der Waals surface area contributed by atoms with Gasteiger partial charge in [0.1, 0.15) is 5.54 Å². The van der Waals surface area contributed by atoms with E-state index in [1.54, 1.807) is 6.92 Å². The Morgan fingerprint density at radius 3 is 2.45 bits per heavy atom. The van der Waals surface area contributed by atoms with Crippen LogP contribution in [-0.2, 0) is 4.79 Å². The fourth-order valence-corrected chi connectivity index (χ4v) is 2.33. The van der Waals surface area contributed by atoms with Crippen molar-refractivity contribution in [1.29, 1.82) is 5.26 Å². The Morgan fingerprint density at radius 1 is 1.30 bits per heavy atom. The third kappa shape index (κ3) is 4.77. The van der Waals surface area contributed by atoms with E-state index in [1.807, 2.05) is 13.8 Å². The first kappa shape index (κ1) is 16.9. The summed E-state index contributed by atoms with van der Waals surface area (Å²) in [5.41, 5.74) is -0.779. The van der Waals surface area contributed by atoms with Crippen LogP contribution in [0.15, 0.2) is 0 Å². The first-order valence-corrected chi connectivity index (χ1v) is 7.58. The fraction of sp³-hybridized carbons (Fsp3) is 0.867. The Morgan fingerprint density at radius 2 is 1.90 bits per heavy atom. The molecular formula is C15H28N4O. The van der Waals surface area contributed by atoms with Crippen LogP contribution in [0.4, 0.5) is 0 Å². The monoisotopic (exact) mass is 280 g/mol. The van der Waals surface area contributed by atoms with E-state index in [0.29, 0.717) is 6.54 Å². The summed E-state index contributed by atoms with van der Waals surface area (Å²) in [6.07, 6.45) is 1.10. The lowest BCUT2D eigenvalue weighted by Gasteiger charge is -2.29. The summed E-state index contributed by atoms with van der Waals surface area (Å²) >= 11 is 0. The molecule has 0 bridgehead atoms. The summed E-state index contributed by atoms with van der Waals surface area (Å²) in [6, 6.07) is 2.22. The Kier molecular flexibility index (Phi) is 6.44. The highest BCUT2D eigenvalue weighted by atomic mass is 16.2. The minimum atomic E-state index is -0.779. The van der Waals surface area contributed by atoms with Crippen LogP contribution in [0.3, 0.4) is 0 Å². The summed E-state index contributed by atoms with van der Waals surface area (Å²) in [6.45, 7) is 13.3. The van der Waals surface area contributed by atoms with Gasteiger partial charge in [-0.3, -0.25) is 9.69 Å². The quantitative estimate of drug-likeness (QED) is 0.818. The van der Waals surface area contributed by atoms with Crippen molar-refractivity contribution in [3.63, 3.8) is 0 Å². The first-order valence-electron chi connectivity index (χ1n) is 7.58. The van der Waals surface area contributed by atoms with Crippen molar-refractivity contribution in [2.24, 2.45) is 5.92 Å². The first-order chi connectivity index (χ1) is 9.41. The third-order valence-electron chi connectivity index (χ3n) is 4.28. The van der Waals surface area contributed by atoms with Gasteiger partial charge in [0.05, 0.1) is 12.6 Å². The van der Waals surface area contributed by atoms with Gasteiger partial charge in [-0.1, -0.05) is 20.8 Å². The number of amides is 1. The third-order valence-corrected chi connectivity index (χ3v) is 4.28. The molecule has 0 spiro atoms. The van der Waals surface area contributed by atoms with Crippen LogP contribution in [-0.4, -0.2) is 60.5 Å². The molecule has 0 aromatic carbocycles. The van der Waals surface area contributed by atoms with Crippen LogP contribution >= 0.6 is 0 Å². The van der Waals surface area contributed by atoms with Crippen molar-refractivity contribution in [1.82, 2.24) is 15.1 Å². The second kappa shape index (κ2) is 7.61. The van der Waals surface area contributed by atoms with Crippen molar-refractivity contribution >= 4 is 5.91 Å². The van der Waals surface area contributed by atoms with Gasteiger partial charge in [-0.15, -0.1) is 0 Å². The van der Waals surface area contributed by atoms with Gasteiger partial charge in [-0.25, -0.2) is 0 Å². The zero-order valence-corrected chi connectivity index (χ0v) is 13.3. The standard InChI is InChI=1S/C15H28N4O/c1-5-18-7-6-8-19(10-9-18)11-14(20)17-15(4,12-16)13(2)3/h13H,5-11H2,1-4H3,(H,17,20)/t15-/m1/s1. The molecular weight excluding hydrogens is 252 g/mol. The maximum Gasteiger partial charge on any atom is 0.235 e. The molecule has 1 saturated heterocycles. The Labute approximate surface area is 122 Å². The van der Waals surface area contributed by atoms with Gasteiger partial charge in [0, 0.05) is 13.1 Å². The molecule has 1 heterocycles. The van der Waals surface area contributed by atoms with E-state index in [-0.39, 0.29) is 11.8 Å². The number of nitrogens with one attached hydrogen (secondary N) is 1. The molecule has 5 heteroatoms. The highest BCUT2D eigenvalue weighted by Gasteiger charge is 2.30. The Bertz CT molecular complexity index is 363. The maximum absolute atomic E-state index is 12.1. The van der Waals surface area contributed by atoms with Crippen LogP contribution in [0.1, 0.15) is 34.1 Å². The lowest BCUT2D eigenvalue weighted by molar-refractivity contribution is -0.123. The van der Waals surface area contributed by atoms with Crippen LogP contribution in [0.2, 0.25) is 0 Å². The second-order valence-corrected chi connectivity index (χ2v) is 6.08. The molecule has 20 heavy (non-hydrogen) atoms. The van der Waals surface area contributed by atoms with E-state index in [4.69, 9.17) is 0 Å². The van der Waals surface area contributed by atoms with Crippen molar-refractivity contribution in [3.8, 4) is 6.07 Å². The molecule has 114 valence electrons. The molecule has 0 saturated carbocycles. The van der Waals surface area contributed by atoms with Gasteiger partial charge in [-0.2, -0.15) is 5.26 Å². The molecule has 0 aliphatic carbocycles. The van der Waals surface area contributed by atoms with Crippen molar-refractivity contribution in [2.45, 2.75) is 39.7 Å². The van der Waals surface area contributed by atoms with Gasteiger partial charge in [0.25, 0.3) is 0 Å². The highest BCUT2D eigenvalue weighted by Crippen LogP contribution is 2.15.